The third kappa shape index (κ3) is 10.00. The summed E-state index contributed by atoms with van der Waals surface area (Å²) >= 11 is 1.31. The Morgan fingerprint density at radius 2 is 1.51 bits per heavy atom. The summed E-state index contributed by atoms with van der Waals surface area (Å²) in [5.41, 5.74) is -6.27. The van der Waals surface area contributed by atoms with Crippen LogP contribution < -0.4 is 20.8 Å². The number of sulfone groups is 1. The van der Waals surface area contributed by atoms with E-state index in [0.29, 0.717) is 18.9 Å². The summed E-state index contributed by atoms with van der Waals surface area (Å²) in [7, 11) is -13.9. The van der Waals surface area contributed by atoms with Crippen LogP contribution in [-0.4, -0.2) is 83.9 Å². The highest BCUT2D eigenvalue weighted by Crippen LogP contribution is 2.41. The van der Waals surface area contributed by atoms with Crippen molar-refractivity contribution >= 4 is 61.9 Å². The molecule has 2 atom stereocenters. The van der Waals surface area contributed by atoms with Crippen LogP contribution in [0, 0.1) is 0 Å². The summed E-state index contributed by atoms with van der Waals surface area (Å²) in [4.78, 5) is 26.8. The van der Waals surface area contributed by atoms with Gasteiger partial charge in [0.15, 0.2) is 0 Å². The number of sulfonamides is 1. The van der Waals surface area contributed by atoms with Gasteiger partial charge in [-0.2, -0.15) is 13.2 Å². The standard InChI is InChI=1S/C38H44F3N3O7S3Si/c1-37(2,55(50,32-14-8-4-9-15-32)33-16-10-5-11-17-33)21-20-29-26-44(22-23-51-29)36(45)24-28(27-52-30-12-6-3-7-13-30)43-34-19-18-31(54(42,48)49)25-35(34)53(46,47)38(39,40)41/h3-19,25,28-29,43,50H,20-24,26-27H2,1-2H3,(H2,42,48,49)/t28-,29-/m1/s1. The lowest BCUT2D eigenvalue weighted by Crippen LogP contribution is -2.65. The van der Waals surface area contributed by atoms with E-state index in [2.05, 4.69) is 5.32 Å². The molecule has 10 nitrogen and oxygen atoms in total. The third-order valence-corrected chi connectivity index (χ3v) is 18.0. The molecule has 5 rings (SSSR count). The smallest absolute Gasteiger partial charge is 0.424 e. The van der Waals surface area contributed by atoms with Gasteiger partial charge in [0.25, 0.3) is 18.2 Å². The van der Waals surface area contributed by atoms with Crippen LogP contribution in [0.3, 0.4) is 0 Å². The van der Waals surface area contributed by atoms with E-state index < -0.39 is 60.2 Å². The van der Waals surface area contributed by atoms with Gasteiger partial charge in [-0.05, 0) is 58.6 Å². The molecule has 296 valence electrons. The number of primary sulfonamides is 1. The van der Waals surface area contributed by atoms with Crippen LogP contribution in [0.5, 0.6) is 0 Å². The summed E-state index contributed by atoms with van der Waals surface area (Å²) in [5.74, 6) is -0.193. The van der Waals surface area contributed by atoms with Crippen molar-refractivity contribution in [3.8, 4) is 0 Å². The van der Waals surface area contributed by atoms with E-state index in [1.54, 1.807) is 17.0 Å². The first-order chi connectivity index (χ1) is 25.8. The van der Waals surface area contributed by atoms with Crippen molar-refractivity contribution in [3.05, 3.63) is 109 Å². The van der Waals surface area contributed by atoms with Crippen molar-refractivity contribution < 1.29 is 44.3 Å². The van der Waals surface area contributed by atoms with E-state index in [0.717, 1.165) is 27.4 Å². The Bertz CT molecular complexity index is 2110. The predicted molar refractivity (Wildman–Crippen MR) is 210 cm³/mol. The Morgan fingerprint density at radius 3 is 2.05 bits per heavy atom. The average Bonchev–Trinajstić information content (AvgIpc) is 3.16. The summed E-state index contributed by atoms with van der Waals surface area (Å²) in [6.45, 7) is 4.85. The van der Waals surface area contributed by atoms with E-state index in [-0.39, 0.29) is 43.9 Å². The lowest BCUT2D eigenvalue weighted by atomic mass is 10.0. The van der Waals surface area contributed by atoms with Crippen LogP contribution in [-0.2, 0) is 29.4 Å². The molecule has 0 bridgehead atoms. The normalized spacial score (nSPS) is 16.4. The van der Waals surface area contributed by atoms with E-state index >= 15 is 0 Å². The first kappa shape index (κ1) is 42.4. The zero-order chi connectivity index (χ0) is 40.1. The maximum Gasteiger partial charge on any atom is 0.501 e. The monoisotopic (exact) mass is 835 g/mol. The zero-order valence-corrected chi connectivity index (χ0v) is 33.7. The molecule has 0 aliphatic carbocycles. The fourth-order valence-corrected chi connectivity index (χ4v) is 13.0. The number of alkyl halides is 3. The SMILES string of the molecule is CC(C)(CC[C@@H]1CN(C(=O)C[C@H](CSc2ccccc2)Nc2ccc(S(N)(=O)=O)cc2S(=O)(=O)C(F)(F)F)CCO1)[Si](O)(c1ccccc1)c1ccccc1. The van der Waals surface area contributed by atoms with Crippen LogP contribution in [0.25, 0.3) is 0 Å². The first-order valence-corrected chi connectivity index (χ1v) is 23.4. The summed E-state index contributed by atoms with van der Waals surface area (Å²) in [5, 5.41) is 9.14. The van der Waals surface area contributed by atoms with Gasteiger partial charge in [-0.1, -0.05) is 92.7 Å². The molecular weight excluding hydrogens is 792 g/mol. The van der Waals surface area contributed by atoms with Gasteiger partial charge in [-0.25, -0.2) is 22.0 Å². The van der Waals surface area contributed by atoms with Gasteiger partial charge in [0, 0.05) is 36.2 Å². The van der Waals surface area contributed by atoms with Crippen molar-refractivity contribution in [2.75, 3.05) is 30.8 Å². The molecule has 0 radical (unpaired) electrons. The van der Waals surface area contributed by atoms with Crippen molar-refractivity contribution in [2.45, 2.75) is 70.5 Å². The Balaban J connectivity index is 1.35. The summed E-state index contributed by atoms with van der Waals surface area (Å²) in [6, 6.07) is 29.6. The molecule has 4 aromatic carbocycles. The van der Waals surface area contributed by atoms with Crippen molar-refractivity contribution in [3.63, 3.8) is 0 Å². The summed E-state index contributed by atoms with van der Waals surface area (Å²) < 4.78 is 96.8. The maximum atomic E-state index is 13.9. The van der Waals surface area contributed by atoms with E-state index in [9.17, 15) is 39.6 Å². The Kier molecular flexibility index (Phi) is 13.3. The molecular formula is C38H44F3N3O7S3Si. The number of morpholine rings is 1. The number of hydrogen-bond acceptors (Lipinski definition) is 9. The number of ether oxygens (including phenoxy) is 1. The largest absolute Gasteiger partial charge is 0.501 e. The minimum Gasteiger partial charge on any atom is -0.424 e. The van der Waals surface area contributed by atoms with Crippen molar-refractivity contribution in [2.24, 2.45) is 5.14 Å². The number of carbonyl (C=O) groups excluding carboxylic acids is 1. The highest BCUT2D eigenvalue weighted by Gasteiger charge is 2.50. The number of nitrogens with zero attached hydrogens (tertiary/aromatic N) is 1. The number of nitrogens with one attached hydrogen (secondary N) is 1. The highest BCUT2D eigenvalue weighted by molar-refractivity contribution is 7.99. The molecule has 1 saturated heterocycles. The number of benzene rings is 4. The van der Waals surface area contributed by atoms with Gasteiger partial charge < -0.3 is 19.7 Å². The Morgan fingerprint density at radius 1 is 0.945 bits per heavy atom. The fraction of sp³-hybridized carbons (Fsp3) is 0.342. The summed E-state index contributed by atoms with van der Waals surface area (Å²) in [6.07, 6.45) is 0.525. The van der Waals surface area contributed by atoms with Crippen LogP contribution in [0.15, 0.2) is 124 Å². The van der Waals surface area contributed by atoms with E-state index in [1.807, 2.05) is 92.7 Å². The second-order valence-corrected chi connectivity index (χ2v) is 22.5. The quantitative estimate of drug-likeness (QED) is 0.109. The van der Waals surface area contributed by atoms with E-state index in [1.165, 1.54) is 11.8 Å². The molecule has 0 saturated carbocycles. The minimum atomic E-state index is -6.04. The number of amides is 1. The molecule has 0 unspecified atom stereocenters. The van der Waals surface area contributed by atoms with E-state index in [4.69, 9.17) is 9.88 Å². The molecule has 1 aliphatic rings. The van der Waals surface area contributed by atoms with Gasteiger partial charge in [0.05, 0.1) is 23.3 Å². The number of hydrogen-bond donors (Lipinski definition) is 3. The number of halogens is 3. The minimum absolute atomic E-state index is 0.141. The van der Waals surface area contributed by atoms with Gasteiger partial charge >= 0.3 is 5.51 Å². The maximum absolute atomic E-state index is 13.9. The molecule has 1 aliphatic heterocycles. The zero-order valence-electron chi connectivity index (χ0n) is 30.3. The molecule has 17 heteroatoms. The molecule has 1 amide bonds. The molecule has 4 aromatic rings. The van der Waals surface area contributed by atoms with Gasteiger partial charge in [0.1, 0.15) is 4.90 Å². The van der Waals surface area contributed by atoms with Crippen LogP contribution >= 0.6 is 11.8 Å². The van der Waals surface area contributed by atoms with Gasteiger partial charge in [-0.3, -0.25) is 4.79 Å². The van der Waals surface area contributed by atoms with Crippen LogP contribution in [0.1, 0.15) is 33.1 Å². The number of nitrogens with two attached hydrogens (primary N) is 1. The number of carbonyl (C=O) groups is 1. The molecule has 55 heavy (non-hydrogen) atoms. The molecule has 0 aromatic heterocycles. The Hall–Kier alpha value is -3.71. The fourth-order valence-electron chi connectivity index (χ4n) is 6.70. The third-order valence-electron chi connectivity index (χ3n) is 9.80. The lowest BCUT2D eigenvalue weighted by molar-refractivity contribution is -0.139. The average molecular weight is 836 g/mol. The van der Waals surface area contributed by atoms with Gasteiger partial charge in [-0.15, -0.1) is 11.8 Å². The second kappa shape index (κ2) is 17.2. The highest BCUT2D eigenvalue weighted by atomic mass is 32.2. The number of rotatable bonds is 15. The number of thioether (sulfide) groups is 1. The molecule has 0 spiro atoms. The van der Waals surface area contributed by atoms with Crippen LogP contribution in [0.2, 0.25) is 5.04 Å². The Labute approximate surface area is 325 Å². The van der Waals surface area contributed by atoms with Gasteiger partial charge in [0.2, 0.25) is 15.9 Å². The topological polar surface area (TPSA) is 156 Å². The second-order valence-electron chi connectivity index (χ2n) is 14.0. The lowest BCUT2D eigenvalue weighted by Gasteiger charge is -2.42. The predicted octanol–water partition coefficient (Wildman–Crippen LogP) is 5.13. The molecule has 1 fully saturated rings. The van der Waals surface area contributed by atoms with Crippen molar-refractivity contribution in [1.29, 1.82) is 0 Å². The van der Waals surface area contributed by atoms with Crippen molar-refractivity contribution in [1.82, 2.24) is 4.90 Å². The molecule has 1 heterocycles. The van der Waals surface area contributed by atoms with Crippen LogP contribution in [0.4, 0.5) is 18.9 Å². The first-order valence-electron chi connectivity index (χ1n) is 17.5. The number of anilines is 1. The molecule has 4 N–H and O–H groups in total.